The van der Waals surface area contributed by atoms with Crippen LogP contribution in [0.2, 0.25) is 0 Å². The van der Waals surface area contributed by atoms with Gasteiger partial charge in [-0.05, 0) is 69.8 Å². The summed E-state index contributed by atoms with van der Waals surface area (Å²) < 4.78 is 0.999. The molecule has 0 radical (unpaired) electrons. The van der Waals surface area contributed by atoms with Gasteiger partial charge < -0.3 is 5.11 Å². The molecule has 0 bridgehead atoms. The molecule has 0 aliphatic heterocycles. The van der Waals surface area contributed by atoms with Crippen LogP contribution >= 0.6 is 66.4 Å². The van der Waals surface area contributed by atoms with Crippen molar-refractivity contribution >= 4 is 66.4 Å². The number of phenolic OH excluding ortho intramolecular Hbond substituents is 1. The minimum absolute atomic E-state index is 0.161. The molecule has 0 heterocycles. The molecule has 1 N–H and O–H groups in total. The van der Waals surface area contributed by atoms with E-state index >= 15 is 0 Å². The topological polar surface area (TPSA) is 20.2 Å². The van der Waals surface area contributed by atoms with Crippen molar-refractivity contribution in [1.29, 1.82) is 0 Å². The van der Waals surface area contributed by atoms with Crippen molar-refractivity contribution in [2.75, 3.05) is 0 Å². The molecule has 0 atom stereocenters. The second-order valence-electron chi connectivity index (χ2n) is 6.83. The number of hydrogen-bond donors (Lipinski definition) is 5. The Kier molecular flexibility index (Phi) is 6.51. The van der Waals surface area contributed by atoms with Crippen LogP contribution in [0.15, 0.2) is 96.9 Å². The number of aromatic hydroxyl groups is 1. The van der Waals surface area contributed by atoms with E-state index < -0.39 is 0 Å². The smallest absolute Gasteiger partial charge is 0.128 e. The van der Waals surface area contributed by atoms with Gasteiger partial charge in [0.1, 0.15) is 5.75 Å². The third-order valence-electron chi connectivity index (χ3n) is 4.86. The second kappa shape index (κ2) is 8.97. The van der Waals surface area contributed by atoms with Gasteiger partial charge in [0.25, 0.3) is 0 Å². The average Bonchev–Trinajstić information content (AvgIpc) is 2.70. The lowest BCUT2D eigenvalue weighted by Gasteiger charge is -2.13. The van der Waals surface area contributed by atoms with Crippen LogP contribution in [0.3, 0.4) is 0 Å². The maximum absolute atomic E-state index is 9.71. The van der Waals surface area contributed by atoms with Gasteiger partial charge in [0.2, 0.25) is 0 Å². The minimum atomic E-state index is 0.161. The fraction of sp³-hybridized carbons (Fsp3) is 0. The highest BCUT2D eigenvalue weighted by atomic mass is 79.9. The van der Waals surface area contributed by atoms with Gasteiger partial charge in [0, 0.05) is 24.1 Å². The number of benzene rings is 4. The molecule has 4 aromatic rings. The Hall–Kier alpha value is -1.44. The van der Waals surface area contributed by atoms with Gasteiger partial charge in [0.15, 0.2) is 0 Å². The normalized spacial score (nSPS) is 11.0. The van der Waals surface area contributed by atoms with Crippen LogP contribution in [0.25, 0.3) is 33.4 Å². The monoisotopic (exact) mass is 528 g/mol. The lowest BCUT2D eigenvalue weighted by molar-refractivity contribution is 0.463. The van der Waals surface area contributed by atoms with E-state index in [0.717, 1.165) is 52.5 Å². The molecular weight excluding hydrogens is 512 g/mol. The molecule has 0 aromatic heterocycles. The molecular formula is C24H17BrOS4. The standard InChI is InChI=1S/C24H17BrOS4/c25-16-4-7-19(23(29)12-16)14-2-5-17(21(27)10-14)13-1-6-18(22(28)9-13)15-3-8-20(26)24(30)11-15/h1-12,26-30H. The second-order valence-corrected chi connectivity index (χ2v) is 9.67. The van der Waals surface area contributed by atoms with E-state index in [-0.39, 0.29) is 5.75 Å². The van der Waals surface area contributed by atoms with Crippen molar-refractivity contribution in [3.63, 3.8) is 0 Å². The molecule has 150 valence electrons. The molecule has 0 aliphatic carbocycles. The molecule has 6 heteroatoms. The SMILES string of the molecule is Oc1ccc(-c2ccc(-c3ccc(-c4ccc(Br)cc4S)cc3S)cc2S)cc1S. The maximum atomic E-state index is 9.71. The van der Waals surface area contributed by atoms with Crippen molar-refractivity contribution in [3.05, 3.63) is 77.3 Å². The minimum Gasteiger partial charge on any atom is -0.507 e. The summed E-state index contributed by atoms with van der Waals surface area (Å²) >= 11 is 21.8. The molecule has 0 spiro atoms. The number of thiol groups is 4. The lowest BCUT2D eigenvalue weighted by atomic mass is 9.97. The summed E-state index contributed by atoms with van der Waals surface area (Å²) in [5, 5.41) is 9.71. The first kappa shape index (κ1) is 21.8. The number of hydrogen-bond acceptors (Lipinski definition) is 5. The predicted octanol–water partition coefficient (Wildman–Crippen LogP) is 8.31. The van der Waals surface area contributed by atoms with Gasteiger partial charge in [-0.2, -0.15) is 0 Å². The van der Waals surface area contributed by atoms with Crippen molar-refractivity contribution in [3.8, 4) is 39.1 Å². The molecule has 0 unspecified atom stereocenters. The van der Waals surface area contributed by atoms with Gasteiger partial charge in [-0.3, -0.25) is 0 Å². The van der Waals surface area contributed by atoms with E-state index in [9.17, 15) is 5.11 Å². The largest absolute Gasteiger partial charge is 0.507 e. The third kappa shape index (κ3) is 4.43. The summed E-state index contributed by atoms with van der Waals surface area (Å²) in [6.07, 6.45) is 0. The van der Waals surface area contributed by atoms with E-state index in [2.05, 4.69) is 65.5 Å². The van der Waals surface area contributed by atoms with Crippen molar-refractivity contribution in [2.24, 2.45) is 0 Å². The summed E-state index contributed by atoms with van der Waals surface area (Å²) in [6, 6.07) is 23.7. The molecule has 0 saturated carbocycles. The highest BCUT2D eigenvalue weighted by molar-refractivity contribution is 9.10. The molecule has 0 fully saturated rings. The Morgan fingerprint density at radius 1 is 0.500 bits per heavy atom. The lowest BCUT2D eigenvalue weighted by Crippen LogP contribution is -1.87. The Labute approximate surface area is 206 Å². The quantitative estimate of drug-likeness (QED) is 0.169. The molecule has 0 aliphatic rings. The molecule has 1 nitrogen and oxygen atoms in total. The van der Waals surface area contributed by atoms with Crippen LogP contribution in [0.5, 0.6) is 5.75 Å². The Morgan fingerprint density at radius 2 is 0.900 bits per heavy atom. The zero-order valence-electron chi connectivity index (χ0n) is 15.5. The van der Waals surface area contributed by atoms with Crippen LogP contribution in [0.1, 0.15) is 0 Å². The summed E-state index contributed by atoms with van der Waals surface area (Å²) in [5.41, 5.74) is 6.11. The fourth-order valence-electron chi connectivity index (χ4n) is 3.33. The summed E-state index contributed by atoms with van der Waals surface area (Å²) in [4.78, 5) is 3.16. The third-order valence-corrected chi connectivity index (χ3v) is 6.83. The average molecular weight is 530 g/mol. The maximum Gasteiger partial charge on any atom is 0.128 e. The highest BCUT2D eigenvalue weighted by Gasteiger charge is 2.11. The molecule has 4 aromatic carbocycles. The number of rotatable bonds is 3. The van der Waals surface area contributed by atoms with E-state index in [1.807, 2.05) is 42.5 Å². The van der Waals surface area contributed by atoms with E-state index in [4.69, 9.17) is 25.3 Å². The van der Waals surface area contributed by atoms with Crippen molar-refractivity contribution < 1.29 is 5.11 Å². The van der Waals surface area contributed by atoms with Gasteiger partial charge in [-0.1, -0.05) is 52.3 Å². The molecule has 0 amide bonds. The van der Waals surface area contributed by atoms with Gasteiger partial charge in [0.05, 0.1) is 0 Å². The van der Waals surface area contributed by atoms with Gasteiger partial charge in [-0.15, -0.1) is 50.5 Å². The predicted molar refractivity (Wildman–Crippen MR) is 141 cm³/mol. The Balaban J connectivity index is 1.70. The fourth-order valence-corrected chi connectivity index (χ4v) is 5.11. The van der Waals surface area contributed by atoms with Gasteiger partial charge in [-0.25, -0.2) is 0 Å². The van der Waals surface area contributed by atoms with Crippen molar-refractivity contribution in [1.82, 2.24) is 0 Å². The van der Waals surface area contributed by atoms with E-state index in [1.54, 1.807) is 6.07 Å². The van der Waals surface area contributed by atoms with Crippen LogP contribution < -0.4 is 0 Å². The Bertz CT molecular complexity index is 1270. The summed E-state index contributed by atoms with van der Waals surface area (Å²) in [6.45, 7) is 0. The van der Waals surface area contributed by atoms with Crippen LogP contribution in [-0.4, -0.2) is 5.11 Å². The number of halogens is 1. The first-order valence-electron chi connectivity index (χ1n) is 9.01. The van der Waals surface area contributed by atoms with Crippen molar-refractivity contribution in [2.45, 2.75) is 19.6 Å². The van der Waals surface area contributed by atoms with Gasteiger partial charge >= 0.3 is 0 Å². The molecule has 4 rings (SSSR count). The number of phenols is 1. The summed E-state index contributed by atoms with van der Waals surface area (Å²) in [7, 11) is 0. The molecule has 0 saturated heterocycles. The van der Waals surface area contributed by atoms with Crippen LogP contribution in [-0.2, 0) is 0 Å². The van der Waals surface area contributed by atoms with E-state index in [0.29, 0.717) is 4.90 Å². The van der Waals surface area contributed by atoms with Crippen LogP contribution in [0.4, 0.5) is 0 Å². The zero-order chi connectivity index (χ0) is 21.4. The first-order chi connectivity index (χ1) is 14.3. The Morgan fingerprint density at radius 3 is 1.33 bits per heavy atom. The highest BCUT2D eigenvalue weighted by Crippen LogP contribution is 2.38. The summed E-state index contributed by atoms with van der Waals surface area (Å²) in [5.74, 6) is 0.161. The molecule has 30 heavy (non-hydrogen) atoms. The van der Waals surface area contributed by atoms with Crippen LogP contribution in [0, 0.1) is 0 Å². The first-order valence-corrected chi connectivity index (χ1v) is 11.6. The zero-order valence-corrected chi connectivity index (χ0v) is 20.7. The van der Waals surface area contributed by atoms with E-state index in [1.165, 1.54) is 0 Å².